The van der Waals surface area contributed by atoms with Crippen LogP contribution in [0.4, 0.5) is 0 Å². The van der Waals surface area contributed by atoms with Gasteiger partial charge in [0.1, 0.15) is 0 Å². The van der Waals surface area contributed by atoms with E-state index in [1.54, 1.807) is 0 Å². The Hall–Kier alpha value is -1.16. The number of fused-ring (bicyclic) bond motifs is 1. The van der Waals surface area contributed by atoms with E-state index >= 15 is 0 Å². The summed E-state index contributed by atoms with van der Waals surface area (Å²) in [7, 11) is 0. The Morgan fingerprint density at radius 3 is 1.34 bits per heavy atom. The van der Waals surface area contributed by atoms with Gasteiger partial charge in [0.25, 0.3) is 0 Å². The fourth-order valence-electron chi connectivity index (χ4n) is 7.20. The van der Waals surface area contributed by atoms with Crippen LogP contribution < -0.4 is 0 Å². The van der Waals surface area contributed by atoms with E-state index in [9.17, 15) is 0 Å². The first kappa shape index (κ1) is 42.0. The molecule has 0 radical (unpaired) electrons. The van der Waals surface area contributed by atoms with Crippen LogP contribution in [0.5, 0.6) is 0 Å². The van der Waals surface area contributed by atoms with E-state index < -0.39 is 0 Å². The van der Waals surface area contributed by atoms with E-state index in [1.807, 2.05) is 0 Å². The second-order valence-electron chi connectivity index (χ2n) is 14.6. The molecular weight excluding hydrogens is 574 g/mol. The van der Waals surface area contributed by atoms with Crippen molar-refractivity contribution in [2.45, 2.75) is 212 Å². The Morgan fingerprint density at radius 1 is 0.489 bits per heavy atom. The summed E-state index contributed by atoms with van der Waals surface area (Å²) in [5, 5.41) is 0. The van der Waals surface area contributed by atoms with Gasteiger partial charge in [0, 0.05) is 25.9 Å². The summed E-state index contributed by atoms with van der Waals surface area (Å²) in [6.45, 7) is 10.2. The Labute approximate surface area is 294 Å². The minimum atomic E-state index is -0.316. The zero-order chi connectivity index (χ0) is 33.5. The maximum absolute atomic E-state index is 6.84. The van der Waals surface area contributed by atoms with Gasteiger partial charge >= 0.3 is 0 Å². The van der Waals surface area contributed by atoms with Gasteiger partial charge < -0.3 is 14.4 Å². The smallest absolute Gasteiger partial charge is 0.169 e. The first-order valence-electron chi connectivity index (χ1n) is 20.9. The lowest BCUT2D eigenvalue weighted by Crippen LogP contribution is -2.44. The van der Waals surface area contributed by atoms with Gasteiger partial charge in [-0.3, -0.25) is 0 Å². The molecule has 3 heteroatoms. The van der Waals surface area contributed by atoms with Crippen molar-refractivity contribution in [3.05, 3.63) is 48.6 Å². The Balaban J connectivity index is 1.56. The molecule has 0 aromatic rings. The third-order valence-electron chi connectivity index (χ3n) is 10.3. The summed E-state index contributed by atoms with van der Waals surface area (Å²) >= 11 is 0. The number of hydrogen-bond acceptors (Lipinski definition) is 3. The molecule has 3 nitrogen and oxygen atoms in total. The number of hydrogen-bond donors (Lipinski definition) is 0. The maximum atomic E-state index is 6.84. The highest BCUT2D eigenvalue weighted by Gasteiger charge is 2.48. The van der Waals surface area contributed by atoms with Crippen LogP contribution in [0.1, 0.15) is 194 Å². The number of ether oxygens (including phenoxy) is 2. The van der Waals surface area contributed by atoms with Gasteiger partial charge in [-0.2, -0.15) is 0 Å². The predicted molar refractivity (Wildman–Crippen MR) is 207 cm³/mol. The van der Waals surface area contributed by atoms with Gasteiger partial charge in [0.15, 0.2) is 5.79 Å². The molecule has 2 aliphatic rings. The quantitative estimate of drug-likeness (QED) is 0.0549. The molecule has 0 spiro atoms. The van der Waals surface area contributed by atoms with Crippen molar-refractivity contribution in [1.29, 1.82) is 0 Å². The minimum Gasteiger partial charge on any atom is -0.344 e. The van der Waals surface area contributed by atoms with Crippen molar-refractivity contribution in [3.63, 3.8) is 0 Å². The van der Waals surface area contributed by atoms with Crippen molar-refractivity contribution >= 4 is 0 Å². The van der Waals surface area contributed by atoms with Gasteiger partial charge in [0.2, 0.25) is 0 Å². The van der Waals surface area contributed by atoms with E-state index in [0.29, 0.717) is 6.10 Å². The number of allylic oxidation sites excluding steroid dienone is 8. The van der Waals surface area contributed by atoms with E-state index in [4.69, 9.17) is 9.47 Å². The van der Waals surface area contributed by atoms with E-state index in [2.05, 4.69) is 74.3 Å². The normalized spacial score (nSPS) is 20.1. The monoisotopic (exact) mass is 654 g/mol. The van der Waals surface area contributed by atoms with Gasteiger partial charge in [-0.05, 0) is 90.0 Å². The first-order chi connectivity index (χ1) is 23.2. The molecule has 2 atom stereocenters. The van der Waals surface area contributed by atoms with Crippen LogP contribution in [-0.2, 0) is 9.47 Å². The average Bonchev–Trinajstić information content (AvgIpc) is 3.45. The number of nitrogens with zero attached hydrogens (tertiary/aromatic N) is 1. The first-order valence-corrected chi connectivity index (χ1v) is 20.9. The lowest BCUT2D eigenvalue weighted by molar-refractivity contribution is -0.185. The standard InChI is InChI=1S/C44H79NO2/c1-4-7-9-11-13-15-17-19-21-23-25-27-29-31-33-35-38-44(46-42-37-40-45(6-3)41-43(42)47-44)39-36-34-32-30-28-26-24-22-20-18-16-14-12-10-8-5-2/h13-16,19-22,42-43H,4-12,17-18,23-41H2,1-3H3/b15-13-,16-14-,21-19-,22-20-/t42-,43-/m1/s1. The molecule has 0 aromatic carbocycles. The van der Waals surface area contributed by atoms with Crippen LogP contribution in [0.25, 0.3) is 0 Å². The van der Waals surface area contributed by atoms with Gasteiger partial charge in [-0.25, -0.2) is 0 Å². The zero-order valence-corrected chi connectivity index (χ0v) is 31.8. The Kier molecular flexibility index (Phi) is 26.6. The number of unbranched alkanes of at least 4 members (excludes halogenated alkanes) is 18. The van der Waals surface area contributed by atoms with Crippen LogP contribution in [0.2, 0.25) is 0 Å². The largest absolute Gasteiger partial charge is 0.344 e. The Bertz CT molecular complexity index is 766. The maximum Gasteiger partial charge on any atom is 0.169 e. The third kappa shape index (κ3) is 21.5. The highest BCUT2D eigenvalue weighted by molar-refractivity contribution is 4.94. The SMILES string of the molecule is CCCCC/C=C\C/C=C\CCCCCCCCC1(CCCCCCCC/C=C\C/C=C\CCCCC)O[C@@H]2CCN(CC)C[C@H]2O1. The van der Waals surface area contributed by atoms with Crippen molar-refractivity contribution in [2.75, 3.05) is 19.6 Å². The van der Waals surface area contributed by atoms with Crippen molar-refractivity contribution in [3.8, 4) is 0 Å². The lowest BCUT2D eigenvalue weighted by atomic mass is 9.98. The molecule has 2 aliphatic heterocycles. The molecule has 0 bridgehead atoms. The number of likely N-dealkylation sites (N-methyl/N-ethyl adjacent to an activating group) is 1. The highest BCUT2D eigenvalue weighted by Crippen LogP contribution is 2.40. The Morgan fingerprint density at radius 2 is 0.894 bits per heavy atom. The summed E-state index contributed by atoms with van der Waals surface area (Å²) in [6.07, 6.45) is 53.9. The molecular formula is C44H79NO2. The fourth-order valence-corrected chi connectivity index (χ4v) is 7.20. The van der Waals surface area contributed by atoms with Crippen molar-refractivity contribution < 1.29 is 9.47 Å². The van der Waals surface area contributed by atoms with Crippen LogP contribution in [0, 0.1) is 0 Å². The molecule has 2 saturated heterocycles. The second-order valence-corrected chi connectivity index (χ2v) is 14.6. The predicted octanol–water partition coefficient (Wildman–Crippen LogP) is 13.6. The molecule has 0 aliphatic carbocycles. The van der Waals surface area contributed by atoms with Gasteiger partial charge in [-0.15, -0.1) is 0 Å². The molecule has 0 amide bonds. The summed E-state index contributed by atoms with van der Waals surface area (Å²) < 4.78 is 13.7. The lowest BCUT2D eigenvalue weighted by Gasteiger charge is -2.31. The van der Waals surface area contributed by atoms with Crippen LogP contribution in [0.3, 0.4) is 0 Å². The molecule has 0 saturated carbocycles. The molecule has 2 fully saturated rings. The molecule has 2 rings (SSSR count). The molecule has 272 valence electrons. The summed E-state index contributed by atoms with van der Waals surface area (Å²) in [5.41, 5.74) is 0. The summed E-state index contributed by atoms with van der Waals surface area (Å²) in [6, 6.07) is 0. The van der Waals surface area contributed by atoms with Crippen LogP contribution >= 0.6 is 0 Å². The highest BCUT2D eigenvalue weighted by atomic mass is 16.8. The topological polar surface area (TPSA) is 21.7 Å². The number of likely N-dealkylation sites (tertiary alicyclic amines) is 1. The van der Waals surface area contributed by atoms with Gasteiger partial charge in [0.05, 0.1) is 12.2 Å². The average molecular weight is 654 g/mol. The second kappa shape index (κ2) is 29.7. The van der Waals surface area contributed by atoms with E-state index in [1.165, 1.54) is 141 Å². The van der Waals surface area contributed by atoms with Crippen molar-refractivity contribution in [2.24, 2.45) is 0 Å². The fraction of sp³-hybridized carbons (Fsp3) is 0.818. The minimum absolute atomic E-state index is 0.276. The van der Waals surface area contributed by atoms with Crippen LogP contribution in [-0.4, -0.2) is 42.5 Å². The molecule has 0 aromatic heterocycles. The summed E-state index contributed by atoms with van der Waals surface area (Å²) in [4.78, 5) is 2.54. The molecule has 47 heavy (non-hydrogen) atoms. The summed E-state index contributed by atoms with van der Waals surface area (Å²) in [5.74, 6) is -0.316. The van der Waals surface area contributed by atoms with E-state index in [0.717, 1.165) is 51.7 Å². The van der Waals surface area contributed by atoms with E-state index in [-0.39, 0.29) is 11.9 Å². The molecule has 0 unspecified atom stereocenters. The van der Waals surface area contributed by atoms with Gasteiger partial charge in [-0.1, -0.05) is 146 Å². The van der Waals surface area contributed by atoms with Crippen molar-refractivity contribution in [1.82, 2.24) is 4.90 Å². The number of piperidine rings is 1. The molecule has 2 heterocycles. The zero-order valence-electron chi connectivity index (χ0n) is 31.8. The van der Waals surface area contributed by atoms with Crippen LogP contribution in [0.15, 0.2) is 48.6 Å². The molecule has 0 N–H and O–H groups in total. The number of rotatable bonds is 31. The third-order valence-corrected chi connectivity index (χ3v) is 10.3.